The summed E-state index contributed by atoms with van der Waals surface area (Å²) in [6, 6.07) is 3.51. The number of hydrogen-bond donors (Lipinski definition) is 2. The lowest BCUT2D eigenvalue weighted by Crippen LogP contribution is -2.31. The minimum atomic E-state index is -0.105. The van der Waals surface area contributed by atoms with E-state index in [-0.39, 0.29) is 5.91 Å². The van der Waals surface area contributed by atoms with Crippen LogP contribution in [0.4, 0.5) is 0 Å². The van der Waals surface area contributed by atoms with Crippen LogP contribution in [-0.4, -0.2) is 24.0 Å². The molecular formula is C17H23N3O. The van der Waals surface area contributed by atoms with Crippen molar-refractivity contribution in [2.45, 2.75) is 32.6 Å². The Balaban J connectivity index is 1.85. The second-order valence-electron chi connectivity index (χ2n) is 5.79. The fourth-order valence-electron chi connectivity index (χ4n) is 2.83. The molecule has 0 radical (unpaired) electrons. The molecule has 4 heteroatoms. The normalized spacial score (nSPS) is 21.2. The van der Waals surface area contributed by atoms with Gasteiger partial charge in [-0.1, -0.05) is 31.6 Å². The Labute approximate surface area is 126 Å². The molecule has 0 bridgehead atoms. The first-order valence-electron chi connectivity index (χ1n) is 7.62. The Bertz CT molecular complexity index is 527. The van der Waals surface area contributed by atoms with Crippen LogP contribution in [0.5, 0.6) is 0 Å². The third kappa shape index (κ3) is 4.87. The summed E-state index contributed by atoms with van der Waals surface area (Å²) < 4.78 is 0. The molecule has 1 aromatic heterocycles. The van der Waals surface area contributed by atoms with E-state index in [9.17, 15) is 4.79 Å². The van der Waals surface area contributed by atoms with Crippen molar-refractivity contribution in [3.05, 3.63) is 29.6 Å². The van der Waals surface area contributed by atoms with Gasteiger partial charge in [-0.15, -0.1) is 0 Å². The molecule has 2 rings (SSSR count). The summed E-state index contributed by atoms with van der Waals surface area (Å²) in [7, 11) is 0. The molecule has 1 aliphatic rings. The number of carbonyl (C=O) groups is 1. The number of carbonyl (C=O) groups excluding carboxylic acids is 1. The number of hydrogen-bond acceptors (Lipinski definition) is 3. The number of pyridine rings is 1. The Morgan fingerprint density at radius 3 is 3.00 bits per heavy atom. The molecule has 2 unspecified atom stereocenters. The average molecular weight is 285 g/mol. The van der Waals surface area contributed by atoms with Gasteiger partial charge in [0.2, 0.25) is 0 Å². The fraction of sp³-hybridized carbons (Fsp3) is 0.529. The molecule has 0 spiro atoms. The third-order valence-corrected chi connectivity index (χ3v) is 3.93. The van der Waals surface area contributed by atoms with E-state index in [0.717, 1.165) is 18.0 Å². The standard InChI is InChI=1S/C17H23N3O/c1-13-4-2-5-15(10-13)12-20-17(21)16-8-7-14(11-19-16)6-3-9-18/h7-8,11,13,15H,2,4-5,9-10,12,18H2,1H3,(H,20,21). The van der Waals surface area contributed by atoms with Crippen molar-refractivity contribution in [2.24, 2.45) is 17.6 Å². The Morgan fingerprint density at radius 1 is 1.48 bits per heavy atom. The molecule has 112 valence electrons. The molecule has 21 heavy (non-hydrogen) atoms. The minimum Gasteiger partial charge on any atom is -0.350 e. The number of nitrogens with zero attached hydrogens (tertiary/aromatic N) is 1. The van der Waals surface area contributed by atoms with Crippen LogP contribution in [0.25, 0.3) is 0 Å². The van der Waals surface area contributed by atoms with E-state index in [0.29, 0.717) is 18.2 Å². The van der Waals surface area contributed by atoms with Crippen molar-refractivity contribution >= 4 is 5.91 Å². The van der Waals surface area contributed by atoms with Gasteiger partial charge in [-0.2, -0.15) is 0 Å². The van der Waals surface area contributed by atoms with Gasteiger partial charge in [0.05, 0.1) is 6.54 Å². The van der Waals surface area contributed by atoms with Crippen molar-refractivity contribution in [2.75, 3.05) is 13.1 Å². The molecule has 4 nitrogen and oxygen atoms in total. The first kappa shape index (κ1) is 15.5. The van der Waals surface area contributed by atoms with E-state index in [1.165, 1.54) is 25.7 Å². The maximum atomic E-state index is 12.1. The number of amides is 1. The van der Waals surface area contributed by atoms with Gasteiger partial charge in [0, 0.05) is 18.3 Å². The number of nitrogens with two attached hydrogens (primary N) is 1. The van der Waals surface area contributed by atoms with Crippen LogP contribution in [0.2, 0.25) is 0 Å². The second kappa shape index (κ2) is 7.80. The van der Waals surface area contributed by atoms with Gasteiger partial charge in [-0.25, -0.2) is 4.98 Å². The van der Waals surface area contributed by atoms with Crippen molar-refractivity contribution in [1.82, 2.24) is 10.3 Å². The second-order valence-corrected chi connectivity index (χ2v) is 5.79. The monoisotopic (exact) mass is 285 g/mol. The summed E-state index contributed by atoms with van der Waals surface area (Å²) in [5.74, 6) is 6.93. The first-order chi connectivity index (χ1) is 10.2. The van der Waals surface area contributed by atoms with Gasteiger partial charge in [0.1, 0.15) is 5.69 Å². The first-order valence-corrected chi connectivity index (χ1v) is 7.62. The van der Waals surface area contributed by atoms with Crippen LogP contribution < -0.4 is 11.1 Å². The molecule has 1 amide bonds. The highest BCUT2D eigenvalue weighted by Gasteiger charge is 2.19. The lowest BCUT2D eigenvalue weighted by atomic mass is 9.82. The van der Waals surface area contributed by atoms with Crippen LogP contribution >= 0.6 is 0 Å². The van der Waals surface area contributed by atoms with Gasteiger partial charge in [-0.05, 0) is 36.8 Å². The predicted octanol–water partition coefficient (Wildman–Crippen LogP) is 1.95. The topological polar surface area (TPSA) is 68.0 Å². The molecule has 1 heterocycles. The van der Waals surface area contributed by atoms with Gasteiger partial charge in [0.25, 0.3) is 5.91 Å². The predicted molar refractivity (Wildman–Crippen MR) is 83.6 cm³/mol. The SMILES string of the molecule is CC1CCCC(CNC(=O)c2ccc(C#CCN)cn2)C1. The molecule has 3 N–H and O–H groups in total. The van der Waals surface area contributed by atoms with E-state index in [1.54, 1.807) is 18.3 Å². The summed E-state index contributed by atoms with van der Waals surface area (Å²) >= 11 is 0. The summed E-state index contributed by atoms with van der Waals surface area (Å²) in [5, 5.41) is 2.99. The van der Waals surface area contributed by atoms with Gasteiger partial charge in [-0.3, -0.25) is 4.79 Å². The maximum Gasteiger partial charge on any atom is 0.269 e. The average Bonchev–Trinajstić information content (AvgIpc) is 2.51. The summed E-state index contributed by atoms with van der Waals surface area (Å²) in [5.41, 5.74) is 6.53. The summed E-state index contributed by atoms with van der Waals surface area (Å²) in [4.78, 5) is 16.2. The van der Waals surface area contributed by atoms with E-state index in [2.05, 4.69) is 29.1 Å². The molecule has 1 fully saturated rings. The molecule has 0 aromatic carbocycles. The Hall–Kier alpha value is -1.86. The van der Waals surface area contributed by atoms with Gasteiger partial charge in [0.15, 0.2) is 0 Å². The molecule has 0 aliphatic heterocycles. The largest absolute Gasteiger partial charge is 0.350 e. The lowest BCUT2D eigenvalue weighted by molar-refractivity contribution is 0.0935. The Kier molecular flexibility index (Phi) is 5.77. The molecule has 1 aromatic rings. The number of aromatic nitrogens is 1. The quantitative estimate of drug-likeness (QED) is 0.834. The van der Waals surface area contributed by atoms with Crippen LogP contribution in [-0.2, 0) is 0 Å². The van der Waals surface area contributed by atoms with Gasteiger partial charge >= 0.3 is 0 Å². The number of rotatable bonds is 3. The molecular weight excluding hydrogens is 262 g/mol. The Morgan fingerprint density at radius 2 is 2.33 bits per heavy atom. The van der Waals surface area contributed by atoms with Crippen molar-refractivity contribution in [3.8, 4) is 11.8 Å². The number of nitrogens with one attached hydrogen (secondary N) is 1. The zero-order valence-electron chi connectivity index (χ0n) is 12.6. The zero-order valence-corrected chi connectivity index (χ0v) is 12.6. The molecule has 0 saturated heterocycles. The minimum absolute atomic E-state index is 0.105. The van der Waals surface area contributed by atoms with E-state index < -0.39 is 0 Å². The van der Waals surface area contributed by atoms with Gasteiger partial charge < -0.3 is 11.1 Å². The maximum absolute atomic E-state index is 12.1. The van der Waals surface area contributed by atoms with Crippen molar-refractivity contribution < 1.29 is 4.79 Å². The highest BCUT2D eigenvalue weighted by Crippen LogP contribution is 2.27. The van der Waals surface area contributed by atoms with E-state index in [1.807, 2.05) is 0 Å². The third-order valence-electron chi connectivity index (χ3n) is 3.93. The van der Waals surface area contributed by atoms with Crippen molar-refractivity contribution in [1.29, 1.82) is 0 Å². The van der Waals surface area contributed by atoms with Crippen molar-refractivity contribution in [3.63, 3.8) is 0 Å². The lowest BCUT2D eigenvalue weighted by Gasteiger charge is -2.26. The van der Waals surface area contributed by atoms with Crippen LogP contribution in [0, 0.1) is 23.7 Å². The van der Waals surface area contributed by atoms with E-state index >= 15 is 0 Å². The van der Waals surface area contributed by atoms with Crippen LogP contribution in [0.15, 0.2) is 18.3 Å². The highest BCUT2D eigenvalue weighted by atomic mass is 16.1. The van der Waals surface area contributed by atoms with Crippen LogP contribution in [0.1, 0.15) is 48.7 Å². The molecule has 1 saturated carbocycles. The fourth-order valence-corrected chi connectivity index (χ4v) is 2.83. The van der Waals surface area contributed by atoms with E-state index in [4.69, 9.17) is 5.73 Å². The van der Waals surface area contributed by atoms with Crippen LogP contribution in [0.3, 0.4) is 0 Å². The summed E-state index contributed by atoms with van der Waals surface area (Å²) in [6.45, 7) is 3.36. The highest BCUT2D eigenvalue weighted by molar-refractivity contribution is 5.92. The zero-order chi connectivity index (χ0) is 15.1. The summed E-state index contributed by atoms with van der Waals surface area (Å²) in [6.07, 6.45) is 6.62. The molecule has 1 aliphatic carbocycles. The molecule has 2 atom stereocenters. The smallest absolute Gasteiger partial charge is 0.269 e.